The van der Waals surface area contributed by atoms with Crippen LogP contribution in [0.25, 0.3) is 0 Å². The van der Waals surface area contributed by atoms with Crippen LogP contribution in [0.1, 0.15) is 30.7 Å². The minimum absolute atomic E-state index is 0.0836. The normalized spacial score (nSPS) is 20.1. The van der Waals surface area contributed by atoms with Gasteiger partial charge in [0.2, 0.25) is 17.7 Å². The minimum Gasteiger partial charge on any atom is -0.467 e. The van der Waals surface area contributed by atoms with Gasteiger partial charge in [0.25, 0.3) is 0 Å². The van der Waals surface area contributed by atoms with Gasteiger partial charge in [-0.3, -0.25) is 14.4 Å². The summed E-state index contributed by atoms with van der Waals surface area (Å²) in [6.07, 6.45) is 1.61. The van der Waals surface area contributed by atoms with Crippen LogP contribution in [0.4, 0.5) is 0 Å². The Morgan fingerprint density at radius 3 is 2.79 bits per heavy atom. The number of carbonyl (C=O) groups is 3. The molecule has 7 nitrogen and oxygen atoms in total. The lowest BCUT2D eigenvalue weighted by molar-refractivity contribution is -0.131. The molecule has 8 heteroatoms. The van der Waals surface area contributed by atoms with E-state index in [0.717, 1.165) is 5.56 Å². The molecule has 3 unspecified atom stereocenters. The number of likely N-dealkylation sites (tertiary alicyclic amines) is 1. The standard InChI is InChI=1S/C20H22ClN3O4/c1-12(19(26)22-11-15-7-4-8-28-15)23-20(27)16-10-17(25)24(2)18(16)13-5-3-6-14(21)9-13/h3-9,12,16,18H,10-11H2,1-2H3,(H,22,26)(H,23,27). The van der Waals surface area contributed by atoms with Crippen LogP contribution >= 0.6 is 11.6 Å². The lowest BCUT2D eigenvalue weighted by Gasteiger charge is -2.26. The minimum atomic E-state index is -0.747. The Labute approximate surface area is 168 Å². The zero-order chi connectivity index (χ0) is 20.3. The van der Waals surface area contributed by atoms with Crippen LogP contribution in [0.2, 0.25) is 5.02 Å². The number of amides is 3. The van der Waals surface area contributed by atoms with Gasteiger partial charge in [-0.2, -0.15) is 0 Å². The fourth-order valence-corrected chi connectivity index (χ4v) is 3.58. The Balaban J connectivity index is 1.66. The Bertz CT molecular complexity index is 868. The number of benzene rings is 1. The number of halogens is 1. The van der Waals surface area contributed by atoms with Crippen LogP contribution in [0.15, 0.2) is 47.1 Å². The topological polar surface area (TPSA) is 91.7 Å². The predicted molar refractivity (Wildman–Crippen MR) is 103 cm³/mol. The highest BCUT2D eigenvalue weighted by molar-refractivity contribution is 6.30. The molecule has 1 aromatic carbocycles. The summed E-state index contributed by atoms with van der Waals surface area (Å²) in [5.74, 6) is -0.780. The van der Waals surface area contributed by atoms with Gasteiger partial charge in [-0.1, -0.05) is 23.7 Å². The molecule has 1 aliphatic rings. The van der Waals surface area contributed by atoms with Gasteiger partial charge in [0, 0.05) is 18.5 Å². The van der Waals surface area contributed by atoms with Crippen molar-refractivity contribution in [1.29, 1.82) is 0 Å². The number of nitrogens with zero attached hydrogens (tertiary/aromatic N) is 1. The van der Waals surface area contributed by atoms with Crippen molar-refractivity contribution in [3.8, 4) is 0 Å². The molecule has 0 radical (unpaired) electrons. The number of nitrogens with one attached hydrogen (secondary N) is 2. The molecule has 3 atom stereocenters. The summed E-state index contributed by atoms with van der Waals surface area (Å²) >= 11 is 6.07. The van der Waals surface area contributed by atoms with E-state index < -0.39 is 18.0 Å². The Kier molecular flexibility index (Phi) is 6.04. The first-order valence-electron chi connectivity index (χ1n) is 8.98. The van der Waals surface area contributed by atoms with E-state index in [2.05, 4.69) is 10.6 Å². The second-order valence-electron chi connectivity index (χ2n) is 6.84. The fraction of sp³-hybridized carbons (Fsp3) is 0.350. The molecular weight excluding hydrogens is 382 g/mol. The van der Waals surface area contributed by atoms with E-state index in [1.807, 2.05) is 6.07 Å². The Morgan fingerprint density at radius 2 is 2.11 bits per heavy atom. The first-order valence-corrected chi connectivity index (χ1v) is 9.36. The van der Waals surface area contributed by atoms with E-state index in [9.17, 15) is 14.4 Å². The maximum atomic E-state index is 12.8. The second kappa shape index (κ2) is 8.48. The number of hydrogen-bond acceptors (Lipinski definition) is 4. The molecule has 3 amide bonds. The van der Waals surface area contributed by atoms with Crippen LogP contribution in [0.5, 0.6) is 0 Å². The molecule has 0 bridgehead atoms. The maximum absolute atomic E-state index is 12.8. The maximum Gasteiger partial charge on any atom is 0.242 e. The highest BCUT2D eigenvalue weighted by Gasteiger charge is 2.43. The summed E-state index contributed by atoms with van der Waals surface area (Å²) in [7, 11) is 1.67. The molecule has 2 heterocycles. The van der Waals surface area contributed by atoms with Crippen molar-refractivity contribution in [3.63, 3.8) is 0 Å². The average Bonchev–Trinajstić information content (AvgIpc) is 3.28. The number of hydrogen-bond donors (Lipinski definition) is 2. The highest BCUT2D eigenvalue weighted by Crippen LogP contribution is 2.37. The molecule has 0 aliphatic carbocycles. The van der Waals surface area contributed by atoms with Gasteiger partial charge in [-0.15, -0.1) is 0 Å². The predicted octanol–water partition coefficient (Wildman–Crippen LogP) is 2.27. The van der Waals surface area contributed by atoms with Crippen molar-refractivity contribution in [2.45, 2.75) is 32.0 Å². The second-order valence-corrected chi connectivity index (χ2v) is 7.28. The van der Waals surface area contributed by atoms with Crippen LogP contribution in [-0.2, 0) is 20.9 Å². The number of rotatable bonds is 6. The first-order chi connectivity index (χ1) is 13.4. The molecule has 148 valence electrons. The third kappa shape index (κ3) is 4.36. The summed E-state index contributed by atoms with van der Waals surface area (Å²) in [5, 5.41) is 5.96. The summed E-state index contributed by atoms with van der Waals surface area (Å²) in [6.45, 7) is 1.84. The smallest absolute Gasteiger partial charge is 0.242 e. The fourth-order valence-electron chi connectivity index (χ4n) is 3.38. The van der Waals surface area contributed by atoms with Gasteiger partial charge < -0.3 is 20.0 Å². The van der Waals surface area contributed by atoms with Gasteiger partial charge >= 0.3 is 0 Å². The largest absolute Gasteiger partial charge is 0.467 e. The van der Waals surface area contributed by atoms with Crippen molar-refractivity contribution < 1.29 is 18.8 Å². The summed E-state index contributed by atoms with van der Waals surface area (Å²) in [5.41, 5.74) is 0.788. The zero-order valence-electron chi connectivity index (χ0n) is 15.6. The van der Waals surface area contributed by atoms with E-state index >= 15 is 0 Å². The third-order valence-electron chi connectivity index (χ3n) is 4.88. The van der Waals surface area contributed by atoms with E-state index in [1.165, 1.54) is 6.26 Å². The van der Waals surface area contributed by atoms with Crippen molar-refractivity contribution in [2.24, 2.45) is 5.92 Å². The van der Waals surface area contributed by atoms with Crippen molar-refractivity contribution >= 4 is 29.3 Å². The van der Waals surface area contributed by atoms with E-state index in [4.69, 9.17) is 16.0 Å². The van der Waals surface area contributed by atoms with Gasteiger partial charge in [-0.25, -0.2) is 0 Å². The SMILES string of the molecule is CC(NC(=O)C1CC(=O)N(C)C1c1cccc(Cl)c1)C(=O)NCc1ccco1. The lowest BCUT2D eigenvalue weighted by atomic mass is 9.92. The van der Waals surface area contributed by atoms with Crippen molar-refractivity contribution in [2.75, 3.05) is 7.05 Å². The molecule has 1 aromatic heterocycles. The van der Waals surface area contributed by atoms with E-state index in [0.29, 0.717) is 10.8 Å². The molecule has 0 spiro atoms. The third-order valence-corrected chi connectivity index (χ3v) is 5.12. The lowest BCUT2D eigenvalue weighted by Crippen LogP contribution is -2.47. The number of furan rings is 1. The molecule has 3 rings (SSSR count). The quantitative estimate of drug-likeness (QED) is 0.774. The molecule has 28 heavy (non-hydrogen) atoms. The van der Waals surface area contributed by atoms with E-state index in [1.54, 1.807) is 49.2 Å². The Hall–Kier alpha value is -2.80. The summed E-state index contributed by atoms with van der Waals surface area (Å²) in [6, 6.07) is 9.42. The molecule has 0 saturated carbocycles. The molecule has 1 aliphatic heterocycles. The molecule has 1 saturated heterocycles. The van der Waals surface area contributed by atoms with Crippen molar-refractivity contribution in [3.05, 3.63) is 59.0 Å². The molecular formula is C20H22ClN3O4. The molecule has 2 aromatic rings. The molecule has 1 fully saturated rings. The van der Waals surface area contributed by atoms with E-state index in [-0.39, 0.29) is 30.7 Å². The van der Waals surface area contributed by atoms with Gasteiger partial charge in [0.05, 0.1) is 24.8 Å². The first kappa shape index (κ1) is 19.9. The van der Waals surface area contributed by atoms with Gasteiger partial charge in [0.15, 0.2) is 0 Å². The highest BCUT2D eigenvalue weighted by atomic mass is 35.5. The van der Waals surface area contributed by atoms with Gasteiger partial charge in [0.1, 0.15) is 11.8 Å². The zero-order valence-corrected chi connectivity index (χ0v) is 16.4. The average molecular weight is 404 g/mol. The van der Waals surface area contributed by atoms with Crippen molar-refractivity contribution in [1.82, 2.24) is 15.5 Å². The monoisotopic (exact) mass is 403 g/mol. The Morgan fingerprint density at radius 1 is 1.32 bits per heavy atom. The number of carbonyl (C=O) groups excluding carboxylic acids is 3. The van der Waals surface area contributed by atoms with Crippen LogP contribution < -0.4 is 10.6 Å². The molecule has 2 N–H and O–H groups in total. The van der Waals surface area contributed by atoms with Crippen LogP contribution in [0.3, 0.4) is 0 Å². The summed E-state index contributed by atoms with van der Waals surface area (Å²) in [4.78, 5) is 38.9. The van der Waals surface area contributed by atoms with Gasteiger partial charge in [-0.05, 0) is 36.8 Å². The summed E-state index contributed by atoms with van der Waals surface area (Å²) < 4.78 is 5.17. The van der Waals surface area contributed by atoms with Crippen LogP contribution in [0, 0.1) is 5.92 Å². The van der Waals surface area contributed by atoms with Crippen LogP contribution in [-0.4, -0.2) is 35.7 Å².